The zero-order valence-electron chi connectivity index (χ0n) is 6.99. The van der Waals surface area contributed by atoms with E-state index in [2.05, 4.69) is 6.58 Å². The molecule has 0 fully saturated rings. The molecule has 0 aromatic carbocycles. The van der Waals surface area contributed by atoms with Gasteiger partial charge in [0.2, 0.25) is 0 Å². The van der Waals surface area contributed by atoms with E-state index in [1.807, 2.05) is 0 Å². The summed E-state index contributed by atoms with van der Waals surface area (Å²) < 4.78 is 9.57. The third-order valence-corrected chi connectivity index (χ3v) is 1.04. The van der Waals surface area contributed by atoms with Crippen molar-refractivity contribution in [3.63, 3.8) is 0 Å². The third-order valence-electron chi connectivity index (χ3n) is 1.04. The second-order valence-corrected chi connectivity index (χ2v) is 2.05. The lowest BCUT2D eigenvalue weighted by atomic mass is 10.4. The lowest BCUT2D eigenvalue weighted by Crippen LogP contribution is -2.11. The molecule has 0 bridgehead atoms. The first-order valence-electron chi connectivity index (χ1n) is 3.76. The first-order chi connectivity index (χ1) is 5.81. The molecule has 4 heteroatoms. The number of rotatable bonds is 7. The van der Waals surface area contributed by atoms with Crippen LogP contribution in [0.1, 0.15) is 6.42 Å². The lowest BCUT2D eigenvalue weighted by Gasteiger charge is -2.03. The van der Waals surface area contributed by atoms with Crippen molar-refractivity contribution in [3.05, 3.63) is 12.7 Å². The summed E-state index contributed by atoms with van der Waals surface area (Å²) in [7, 11) is 0. The number of carbonyl (C=O) groups excluding carboxylic acids is 1. The van der Waals surface area contributed by atoms with E-state index < -0.39 is 0 Å². The van der Waals surface area contributed by atoms with Crippen LogP contribution in [0.2, 0.25) is 0 Å². The van der Waals surface area contributed by atoms with Crippen LogP contribution in [0.25, 0.3) is 0 Å². The molecule has 0 aliphatic carbocycles. The number of aliphatic hydroxyl groups excluding tert-OH is 1. The summed E-state index contributed by atoms with van der Waals surface area (Å²) in [6.07, 6.45) is 1.71. The maximum Gasteiger partial charge on any atom is 0.309 e. The van der Waals surface area contributed by atoms with Crippen LogP contribution in [0.4, 0.5) is 0 Å². The molecular formula is C8H14O4. The van der Waals surface area contributed by atoms with Crippen molar-refractivity contribution in [2.24, 2.45) is 0 Å². The van der Waals surface area contributed by atoms with E-state index in [1.54, 1.807) is 0 Å². The van der Waals surface area contributed by atoms with Gasteiger partial charge in [0, 0.05) is 0 Å². The molecule has 0 heterocycles. The Kier molecular flexibility index (Phi) is 7.63. The second-order valence-electron chi connectivity index (χ2n) is 2.05. The van der Waals surface area contributed by atoms with Crippen LogP contribution in [0.3, 0.4) is 0 Å². The van der Waals surface area contributed by atoms with Crippen molar-refractivity contribution in [1.29, 1.82) is 0 Å². The van der Waals surface area contributed by atoms with Gasteiger partial charge in [-0.05, 0) is 0 Å². The highest BCUT2D eigenvalue weighted by Gasteiger charge is 1.97. The molecular weight excluding hydrogens is 160 g/mol. The van der Waals surface area contributed by atoms with Crippen LogP contribution in [0.15, 0.2) is 12.7 Å². The Morgan fingerprint density at radius 1 is 1.42 bits per heavy atom. The maximum absolute atomic E-state index is 10.7. The molecule has 4 nitrogen and oxygen atoms in total. The molecule has 12 heavy (non-hydrogen) atoms. The molecule has 0 saturated carbocycles. The van der Waals surface area contributed by atoms with Crippen LogP contribution in [0.5, 0.6) is 0 Å². The van der Waals surface area contributed by atoms with Crippen LogP contribution < -0.4 is 0 Å². The lowest BCUT2D eigenvalue weighted by molar-refractivity contribution is -0.144. The molecule has 1 N–H and O–H groups in total. The molecule has 0 aromatic rings. The summed E-state index contributed by atoms with van der Waals surface area (Å²) >= 11 is 0. The first-order valence-corrected chi connectivity index (χ1v) is 3.76. The van der Waals surface area contributed by atoms with Gasteiger partial charge in [0.05, 0.1) is 26.2 Å². The minimum Gasteiger partial charge on any atom is -0.463 e. The Bertz CT molecular complexity index is 133. The monoisotopic (exact) mass is 174 g/mol. The topological polar surface area (TPSA) is 55.8 Å². The normalized spacial score (nSPS) is 9.42. The Labute approximate surface area is 71.8 Å². The van der Waals surface area contributed by atoms with E-state index in [9.17, 15) is 4.79 Å². The SMILES string of the molecule is C=CCC(=O)OCCOCCO. The maximum atomic E-state index is 10.7. The fraction of sp³-hybridized carbons (Fsp3) is 0.625. The predicted octanol–water partition coefficient (Wildman–Crippen LogP) is 0.115. The highest BCUT2D eigenvalue weighted by atomic mass is 16.6. The summed E-state index contributed by atoms with van der Waals surface area (Å²) in [6, 6.07) is 0. The number of aliphatic hydroxyl groups is 1. The highest BCUT2D eigenvalue weighted by molar-refractivity contribution is 5.70. The van der Waals surface area contributed by atoms with Gasteiger partial charge in [-0.15, -0.1) is 6.58 Å². The molecule has 0 radical (unpaired) electrons. The van der Waals surface area contributed by atoms with Crippen molar-refractivity contribution in [3.8, 4) is 0 Å². The average Bonchev–Trinajstić information content (AvgIpc) is 2.05. The second kappa shape index (κ2) is 8.23. The van der Waals surface area contributed by atoms with Gasteiger partial charge in [-0.25, -0.2) is 0 Å². The fourth-order valence-corrected chi connectivity index (χ4v) is 0.558. The standard InChI is InChI=1S/C8H14O4/c1-2-3-8(10)12-7-6-11-5-4-9/h2,9H,1,3-7H2. The molecule has 0 amide bonds. The van der Waals surface area contributed by atoms with E-state index in [0.717, 1.165) is 0 Å². The zero-order chi connectivity index (χ0) is 9.23. The molecule has 0 rings (SSSR count). The molecule has 0 aromatic heterocycles. The summed E-state index contributed by atoms with van der Waals surface area (Å²) in [5.74, 6) is -0.308. The van der Waals surface area contributed by atoms with Gasteiger partial charge < -0.3 is 14.6 Å². The minimum absolute atomic E-state index is 0.0133. The number of hydrogen-bond acceptors (Lipinski definition) is 4. The smallest absolute Gasteiger partial charge is 0.309 e. The number of esters is 1. The van der Waals surface area contributed by atoms with Crippen molar-refractivity contribution < 1.29 is 19.4 Å². The molecule has 0 saturated heterocycles. The van der Waals surface area contributed by atoms with Crippen molar-refractivity contribution in [2.45, 2.75) is 6.42 Å². The fourth-order valence-electron chi connectivity index (χ4n) is 0.558. The van der Waals surface area contributed by atoms with Crippen molar-refractivity contribution in [1.82, 2.24) is 0 Å². The van der Waals surface area contributed by atoms with Crippen LogP contribution >= 0.6 is 0 Å². The molecule has 0 spiro atoms. The van der Waals surface area contributed by atoms with Gasteiger partial charge in [-0.2, -0.15) is 0 Å². The Morgan fingerprint density at radius 2 is 2.17 bits per heavy atom. The van der Waals surface area contributed by atoms with Gasteiger partial charge in [0.1, 0.15) is 6.61 Å². The summed E-state index contributed by atoms with van der Waals surface area (Å²) in [6.45, 7) is 4.21. The Balaban J connectivity index is 3.08. The quantitative estimate of drug-likeness (QED) is 0.338. The van der Waals surface area contributed by atoms with Gasteiger partial charge in [-0.3, -0.25) is 4.79 Å². The highest BCUT2D eigenvalue weighted by Crippen LogP contribution is 1.86. The summed E-state index contributed by atoms with van der Waals surface area (Å²) in [5.41, 5.74) is 0. The number of hydrogen-bond donors (Lipinski definition) is 1. The molecule has 0 unspecified atom stereocenters. The zero-order valence-corrected chi connectivity index (χ0v) is 6.99. The van der Waals surface area contributed by atoms with E-state index in [-0.39, 0.29) is 32.2 Å². The van der Waals surface area contributed by atoms with Crippen LogP contribution in [-0.2, 0) is 14.3 Å². The average molecular weight is 174 g/mol. The molecule has 70 valence electrons. The number of ether oxygens (including phenoxy) is 2. The van der Waals surface area contributed by atoms with E-state index >= 15 is 0 Å². The predicted molar refractivity (Wildman–Crippen MR) is 43.7 cm³/mol. The van der Waals surface area contributed by atoms with Crippen molar-refractivity contribution >= 4 is 5.97 Å². The van der Waals surface area contributed by atoms with Gasteiger partial charge in [-0.1, -0.05) is 6.08 Å². The minimum atomic E-state index is -0.308. The summed E-state index contributed by atoms with van der Waals surface area (Å²) in [4.78, 5) is 10.7. The van der Waals surface area contributed by atoms with E-state index in [4.69, 9.17) is 14.6 Å². The molecule has 0 atom stereocenters. The van der Waals surface area contributed by atoms with Gasteiger partial charge >= 0.3 is 5.97 Å². The molecule has 0 aliphatic heterocycles. The Morgan fingerprint density at radius 3 is 2.75 bits per heavy atom. The largest absolute Gasteiger partial charge is 0.463 e. The third kappa shape index (κ3) is 7.24. The Hall–Kier alpha value is -0.870. The van der Waals surface area contributed by atoms with Crippen molar-refractivity contribution in [2.75, 3.05) is 26.4 Å². The summed E-state index contributed by atoms with van der Waals surface area (Å²) in [5, 5.41) is 8.31. The molecule has 0 aliphatic rings. The van der Waals surface area contributed by atoms with Crippen LogP contribution in [0, 0.1) is 0 Å². The van der Waals surface area contributed by atoms with E-state index in [0.29, 0.717) is 6.61 Å². The number of carbonyl (C=O) groups is 1. The van der Waals surface area contributed by atoms with Gasteiger partial charge in [0.15, 0.2) is 0 Å². The first kappa shape index (κ1) is 11.1. The van der Waals surface area contributed by atoms with E-state index in [1.165, 1.54) is 6.08 Å². The van der Waals surface area contributed by atoms with Gasteiger partial charge in [0.25, 0.3) is 0 Å². The van der Waals surface area contributed by atoms with Crippen LogP contribution in [-0.4, -0.2) is 37.5 Å².